The first-order chi connectivity index (χ1) is 16.7. The van der Waals surface area contributed by atoms with E-state index in [1.165, 1.54) is 5.69 Å². The lowest BCUT2D eigenvalue weighted by molar-refractivity contribution is -0.123. The van der Waals surface area contributed by atoms with Crippen molar-refractivity contribution in [1.29, 1.82) is 0 Å². The van der Waals surface area contributed by atoms with Gasteiger partial charge in [-0.2, -0.15) is 0 Å². The van der Waals surface area contributed by atoms with Crippen LogP contribution in [0.4, 0.5) is 5.69 Å². The van der Waals surface area contributed by atoms with Gasteiger partial charge in [-0.05, 0) is 60.7 Å². The molecule has 1 amide bonds. The summed E-state index contributed by atoms with van der Waals surface area (Å²) in [4.78, 5) is 17.2. The lowest BCUT2D eigenvalue weighted by Crippen LogP contribution is -2.50. The van der Waals surface area contributed by atoms with Crippen LogP contribution in [0.15, 0.2) is 71.3 Å². The van der Waals surface area contributed by atoms with E-state index in [1.807, 2.05) is 24.3 Å². The second kappa shape index (κ2) is 11.5. The summed E-state index contributed by atoms with van der Waals surface area (Å²) in [6.45, 7) is 3.88. The highest BCUT2D eigenvalue weighted by Gasteiger charge is 2.27. The lowest BCUT2D eigenvalue weighted by atomic mass is 10.1. The number of ether oxygens (including phenoxy) is 3. The number of carbonyl (C=O) groups excluding carboxylic acids is 1. The normalized spacial score (nSPS) is 14.9. The molecule has 3 aromatic rings. The van der Waals surface area contributed by atoms with Crippen molar-refractivity contribution in [3.63, 3.8) is 0 Å². The monoisotopic (exact) mass is 465 g/mol. The minimum absolute atomic E-state index is 0.0436. The Morgan fingerprint density at radius 2 is 1.53 bits per heavy atom. The molecular weight excluding hydrogens is 434 g/mol. The van der Waals surface area contributed by atoms with E-state index in [0.29, 0.717) is 12.3 Å². The van der Waals surface area contributed by atoms with Crippen LogP contribution in [0.2, 0.25) is 0 Å². The van der Waals surface area contributed by atoms with E-state index in [4.69, 9.17) is 18.6 Å². The molecule has 1 aliphatic rings. The van der Waals surface area contributed by atoms with Crippen LogP contribution in [0.25, 0.3) is 0 Å². The second-order valence-electron chi connectivity index (χ2n) is 8.02. The van der Waals surface area contributed by atoms with Crippen LogP contribution >= 0.6 is 0 Å². The van der Waals surface area contributed by atoms with Gasteiger partial charge < -0.3 is 28.8 Å². The number of anilines is 1. The van der Waals surface area contributed by atoms with E-state index in [2.05, 4.69) is 27.2 Å². The predicted octanol–water partition coefficient (Wildman–Crippen LogP) is 3.36. The van der Waals surface area contributed by atoms with Crippen molar-refractivity contribution >= 4 is 11.6 Å². The molecule has 0 radical (unpaired) electrons. The third-order valence-electron chi connectivity index (χ3n) is 5.99. The fraction of sp³-hybridized carbons (Fsp3) is 0.346. The number of piperazine rings is 1. The Labute approximate surface area is 200 Å². The lowest BCUT2D eigenvalue weighted by Gasteiger charge is -2.39. The van der Waals surface area contributed by atoms with Gasteiger partial charge in [0.2, 0.25) is 0 Å². The molecule has 1 unspecified atom stereocenters. The minimum atomic E-state index is -0.177. The number of furan rings is 1. The number of hydrogen-bond donors (Lipinski definition) is 1. The van der Waals surface area contributed by atoms with E-state index in [-0.39, 0.29) is 18.6 Å². The SMILES string of the molecule is COc1ccc(OCC(=O)NCC(c2ccco2)N2CCN(c3ccc(OC)cc3)CC2)cc1. The molecule has 1 N–H and O–H groups in total. The van der Waals surface area contributed by atoms with Crippen molar-refractivity contribution in [3.05, 3.63) is 72.7 Å². The van der Waals surface area contributed by atoms with Gasteiger partial charge in [-0.3, -0.25) is 9.69 Å². The molecule has 0 aliphatic carbocycles. The van der Waals surface area contributed by atoms with Gasteiger partial charge in [-0.15, -0.1) is 0 Å². The van der Waals surface area contributed by atoms with Crippen LogP contribution in [0.5, 0.6) is 17.2 Å². The second-order valence-corrected chi connectivity index (χ2v) is 8.02. The summed E-state index contributed by atoms with van der Waals surface area (Å²) in [6.07, 6.45) is 1.67. The van der Waals surface area contributed by atoms with Gasteiger partial charge in [0.25, 0.3) is 5.91 Å². The first kappa shape index (κ1) is 23.5. The molecule has 8 heteroatoms. The van der Waals surface area contributed by atoms with E-state index in [0.717, 1.165) is 43.4 Å². The third-order valence-corrected chi connectivity index (χ3v) is 5.99. The summed E-state index contributed by atoms with van der Waals surface area (Å²) < 4.78 is 21.7. The number of nitrogens with one attached hydrogen (secondary N) is 1. The van der Waals surface area contributed by atoms with Crippen LogP contribution in [-0.2, 0) is 4.79 Å². The van der Waals surface area contributed by atoms with Crippen molar-refractivity contribution in [3.8, 4) is 17.2 Å². The fourth-order valence-electron chi connectivity index (χ4n) is 4.06. The van der Waals surface area contributed by atoms with Gasteiger partial charge in [0.15, 0.2) is 6.61 Å². The number of carbonyl (C=O) groups is 1. The van der Waals surface area contributed by atoms with E-state index < -0.39 is 0 Å². The van der Waals surface area contributed by atoms with Crippen LogP contribution in [0, 0.1) is 0 Å². The van der Waals surface area contributed by atoms with Crippen LogP contribution in [0.3, 0.4) is 0 Å². The highest BCUT2D eigenvalue weighted by atomic mass is 16.5. The summed E-state index contributed by atoms with van der Waals surface area (Å²) >= 11 is 0. The molecule has 1 aromatic heterocycles. The summed E-state index contributed by atoms with van der Waals surface area (Å²) in [6, 6.07) is 19.1. The van der Waals surface area contributed by atoms with Crippen molar-refractivity contribution in [1.82, 2.24) is 10.2 Å². The van der Waals surface area contributed by atoms with Crippen LogP contribution in [0.1, 0.15) is 11.8 Å². The van der Waals surface area contributed by atoms with Crippen molar-refractivity contribution in [2.45, 2.75) is 6.04 Å². The quantitative estimate of drug-likeness (QED) is 0.492. The van der Waals surface area contributed by atoms with Gasteiger partial charge in [0.1, 0.15) is 23.0 Å². The van der Waals surface area contributed by atoms with Gasteiger partial charge in [0.05, 0.1) is 26.5 Å². The molecule has 2 aromatic carbocycles. The first-order valence-electron chi connectivity index (χ1n) is 11.4. The topological polar surface area (TPSA) is 76.4 Å². The number of rotatable bonds is 10. The first-order valence-corrected chi connectivity index (χ1v) is 11.4. The number of hydrogen-bond acceptors (Lipinski definition) is 7. The van der Waals surface area contributed by atoms with Crippen LogP contribution < -0.4 is 24.4 Å². The zero-order chi connectivity index (χ0) is 23.8. The van der Waals surface area contributed by atoms with Gasteiger partial charge in [-0.25, -0.2) is 0 Å². The molecule has 34 heavy (non-hydrogen) atoms. The molecular formula is C26H31N3O5. The Balaban J connectivity index is 1.30. The molecule has 4 rings (SSSR count). The molecule has 1 saturated heterocycles. The summed E-state index contributed by atoms with van der Waals surface area (Å²) in [5.41, 5.74) is 1.18. The zero-order valence-corrected chi connectivity index (χ0v) is 19.6. The molecule has 1 aliphatic heterocycles. The van der Waals surface area contributed by atoms with E-state index in [1.54, 1.807) is 44.7 Å². The number of methoxy groups -OCH3 is 2. The average Bonchev–Trinajstić information content (AvgIpc) is 3.43. The van der Waals surface area contributed by atoms with Crippen molar-refractivity contribution in [2.75, 3.05) is 58.5 Å². The minimum Gasteiger partial charge on any atom is -0.497 e. The maximum Gasteiger partial charge on any atom is 0.258 e. The molecule has 1 atom stereocenters. The fourth-order valence-corrected chi connectivity index (χ4v) is 4.06. The standard InChI is InChI=1S/C26H31N3O5/c1-31-21-7-5-20(6-8-21)28-13-15-29(16-14-28)24(25-4-3-17-33-25)18-27-26(30)19-34-23-11-9-22(32-2)10-12-23/h3-12,17,24H,13-16,18-19H2,1-2H3,(H,27,30). The average molecular weight is 466 g/mol. The third kappa shape index (κ3) is 6.02. The Bertz CT molecular complexity index is 1010. The molecule has 2 heterocycles. The molecule has 0 saturated carbocycles. The smallest absolute Gasteiger partial charge is 0.258 e. The predicted molar refractivity (Wildman–Crippen MR) is 130 cm³/mol. The Hall–Kier alpha value is -3.65. The number of benzene rings is 2. The number of amides is 1. The van der Waals surface area contributed by atoms with E-state index >= 15 is 0 Å². The highest BCUT2D eigenvalue weighted by molar-refractivity contribution is 5.77. The Morgan fingerprint density at radius 3 is 2.12 bits per heavy atom. The molecule has 180 valence electrons. The Kier molecular flexibility index (Phi) is 7.93. The van der Waals surface area contributed by atoms with Crippen molar-refractivity contribution < 1.29 is 23.4 Å². The molecule has 0 spiro atoms. The maximum atomic E-state index is 12.5. The molecule has 8 nitrogen and oxygen atoms in total. The largest absolute Gasteiger partial charge is 0.497 e. The summed E-state index contributed by atoms with van der Waals surface area (Å²) in [7, 11) is 3.28. The van der Waals surface area contributed by atoms with Gasteiger partial charge in [-0.1, -0.05) is 0 Å². The van der Waals surface area contributed by atoms with E-state index in [9.17, 15) is 4.79 Å². The molecule has 1 fully saturated rings. The summed E-state index contributed by atoms with van der Waals surface area (Å²) in [5, 5.41) is 3.00. The summed E-state index contributed by atoms with van der Waals surface area (Å²) in [5.74, 6) is 2.88. The maximum absolute atomic E-state index is 12.5. The van der Waals surface area contributed by atoms with Gasteiger partial charge >= 0.3 is 0 Å². The number of nitrogens with zero attached hydrogens (tertiary/aromatic N) is 2. The Morgan fingerprint density at radius 1 is 0.912 bits per heavy atom. The molecule has 0 bridgehead atoms. The highest BCUT2D eigenvalue weighted by Crippen LogP contribution is 2.25. The van der Waals surface area contributed by atoms with Gasteiger partial charge in [0, 0.05) is 38.4 Å². The van der Waals surface area contributed by atoms with Crippen molar-refractivity contribution in [2.24, 2.45) is 0 Å². The van der Waals surface area contributed by atoms with Crippen LogP contribution in [-0.4, -0.2) is 64.4 Å². The zero-order valence-electron chi connectivity index (χ0n) is 19.6.